The first kappa shape index (κ1) is 10.3. The molecule has 1 aliphatic heterocycles. The van der Waals surface area contributed by atoms with Crippen LogP contribution in [0.3, 0.4) is 0 Å². The Balaban J connectivity index is 1.72. The number of rotatable bonds is 0. The zero-order chi connectivity index (χ0) is 11.7. The molecule has 5 rings (SSSR count). The summed E-state index contributed by atoms with van der Waals surface area (Å²) in [6.45, 7) is 0.481. The van der Waals surface area contributed by atoms with E-state index in [1.807, 2.05) is 0 Å². The molecule has 4 saturated carbocycles. The molecule has 5 aliphatic rings. The molecule has 94 valence electrons. The molecule has 0 aromatic carbocycles. The van der Waals surface area contributed by atoms with Gasteiger partial charge in [0.15, 0.2) is 0 Å². The number of carbonyl (C=O) groups is 1. The highest BCUT2D eigenvalue weighted by molar-refractivity contribution is 5.70. The van der Waals surface area contributed by atoms with Crippen LogP contribution in [0.2, 0.25) is 0 Å². The average Bonchev–Trinajstić information content (AvgIpc) is 2.24. The number of hydrogen-bond acceptors (Lipinski definition) is 4. The van der Waals surface area contributed by atoms with Crippen molar-refractivity contribution in [3.8, 4) is 0 Å². The summed E-state index contributed by atoms with van der Waals surface area (Å²) >= 11 is 0. The van der Waals surface area contributed by atoms with Crippen LogP contribution in [0.5, 0.6) is 0 Å². The molecule has 2 unspecified atom stereocenters. The van der Waals surface area contributed by atoms with Crippen molar-refractivity contribution in [2.45, 2.75) is 49.9 Å². The van der Waals surface area contributed by atoms with Gasteiger partial charge in [0.1, 0.15) is 0 Å². The van der Waals surface area contributed by atoms with E-state index in [2.05, 4.69) is 0 Å². The molecule has 1 saturated heterocycles. The number of aliphatic hydroxyl groups is 1. The predicted molar refractivity (Wildman–Crippen MR) is 57.9 cm³/mol. The van der Waals surface area contributed by atoms with Crippen molar-refractivity contribution in [1.82, 2.24) is 0 Å². The first-order valence-corrected chi connectivity index (χ1v) is 6.68. The van der Waals surface area contributed by atoms with Crippen LogP contribution < -0.4 is 0 Å². The molecule has 0 radical (unpaired) electrons. The van der Waals surface area contributed by atoms with Gasteiger partial charge in [-0.15, -0.1) is 0 Å². The Kier molecular flexibility index (Phi) is 1.84. The van der Waals surface area contributed by atoms with Crippen LogP contribution in [0.4, 0.5) is 0 Å². The molecule has 0 aromatic heterocycles. The summed E-state index contributed by atoms with van der Waals surface area (Å²) in [5, 5.41) is 10.5. The summed E-state index contributed by atoms with van der Waals surface area (Å²) in [4.78, 5) is 11.6. The van der Waals surface area contributed by atoms with Crippen LogP contribution in [0.1, 0.15) is 38.5 Å². The van der Waals surface area contributed by atoms with Gasteiger partial charge in [0.25, 0.3) is 0 Å². The van der Waals surface area contributed by atoms with Gasteiger partial charge in [-0.25, -0.2) is 0 Å². The van der Waals surface area contributed by atoms with E-state index in [0.717, 1.165) is 32.1 Å². The van der Waals surface area contributed by atoms with Gasteiger partial charge in [0.2, 0.25) is 5.79 Å². The van der Waals surface area contributed by atoms with Crippen LogP contribution in [0.25, 0.3) is 0 Å². The quantitative estimate of drug-likeness (QED) is 0.645. The normalized spacial score (nSPS) is 56.3. The molecule has 5 fully saturated rings. The summed E-state index contributed by atoms with van der Waals surface area (Å²) in [5.41, 5.74) is -0.505. The Morgan fingerprint density at radius 3 is 2.47 bits per heavy atom. The highest BCUT2D eigenvalue weighted by Crippen LogP contribution is 2.61. The second-order valence-electron chi connectivity index (χ2n) is 6.36. The van der Waals surface area contributed by atoms with Crippen LogP contribution >= 0.6 is 0 Å². The van der Waals surface area contributed by atoms with Crippen molar-refractivity contribution < 1.29 is 19.4 Å². The minimum absolute atomic E-state index is 0.129. The fraction of sp³-hybridized carbons (Fsp3) is 0.923. The lowest BCUT2D eigenvalue weighted by atomic mass is 9.51. The minimum atomic E-state index is -0.682. The van der Waals surface area contributed by atoms with Gasteiger partial charge in [-0.05, 0) is 38.0 Å². The third-order valence-electron chi connectivity index (χ3n) is 5.20. The van der Waals surface area contributed by atoms with Crippen molar-refractivity contribution in [2.75, 3.05) is 6.61 Å². The Hall–Kier alpha value is -0.610. The molecule has 1 heterocycles. The topological polar surface area (TPSA) is 55.8 Å². The molecular formula is C13H18O4. The van der Waals surface area contributed by atoms with E-state index in [1.54, 1.807) is 0 Å². The zero-order valence-corrected chi connectivity index (χ0v) is 9.85. The lowest BCUT2D eigenvalue weighted by molar-refractivity contribution is -0.352. The smallest absolute Gasteiger partial charge is 0.310 e. The zero-order valence-electron chi connectivity index (χ0n) is 9.85. The maximum Gasteiger partial charge on any atom is 0.310 e. The van der Waals surface area contributed by atoms with Gasteiger partial charge in [-0.3, -0.25) is 4.79 Å². The van der Waals surface area contributed by atoms with Crippen molar-refractivity contribution in [1.29, 1.82) is 0 Å². The monoisotopic (exact) mass is 238 g/mol. The van der Waals surface area contributed by atoms with Gasteiger partial charge >= 0.3 is 5.97 Å². The van der Waals surface area contributed by atoms with Gasteiger partial charge in [-0.2, -0.15) is 0 Å². The first-order valence-electron chi connectivity index (χ1n) is 6.68. The van der Waals surface area contributed by atoms with E-state index >= 15 is 0 Å². The fourth-order valence-electron chi connectivity index (χ4n) is 4.84. The number of esters is 1. The van der Waals surface area contributed by atoms with Gasteiger partial charge in [-0.1, -0.05) is 0 Å². The molecule has 1 spiro atoms. The maximum atomic E-state index is 11.6. The van der Waals surface area contributed by atoms with E-state index < -0.39 is 11.4 Å². The first-order chi connectivity index (χ1) is 8.10. The van der Waals surface area contributed by atoms with Crippen LogP contribution in [0, 0.1) is 17.8 Å². The Morgan fingerprint density at radius 2 is 1.88 bits per heavy atom. The lowest BCUT2D eigenvalue weighted by Crippen LogP contribution is -2.67. The van der Waals surface area contributed by atoms with Gasteiger partial charge < -0.3 is 14.6 Å². The van der Waals surface area contributed by atoms with E-state index in [0.29, 0.717) is 18.9 Å². The Labute approximate surface area is 100 Å². The van der Waals surface area contributed by atoms with Crippen LogP contribution in [-0.2, 0) is 14.3 Å². The largest absolute Gasteiger partial charge is 0.432 e. The maximum absolute atomic E-state index is 11.6. The third kappa shape index (κ3) is 1.28. The molecule has 17 heavy (non-hydrogen) atoms. The SMILES string of the molecule is O=C1CCOC2(O1)C1CC3CC2CC(O)(C3)C1. The van der Waals surface area contributed by atoms with Crippen LogP contribution in [-0.4, -0.2) is 29.1 Å². The van der Waals surface area contributed by atoms with E-state index in [4.69, 9.17) is 9.47 Å². The summed E-state index contributed by atoms with van der Waals surface area (Å²) < 4.78 is 11.5. The molecule has 4 bridgehead atoms. The molecule has 4 aliphatic carbocycles. The highest BCUT2D eigenvalue weighted by atomic mass is 16.7. The van der Waals surface area contributed by atoms with Crippen LogP contribution in [0.15, 0.2) is 0 Å². The van der Waals surface area contributed by atoms with E-state index in [1.165, 1.54) is 0 Å². The lowest BCUT2D eigenvalue weighted by Gasteiger charge is -2.62. The summed E-state index contributed by atoms with van der Waals surface area (Å²) in [6, 6.07) is 0. The van der Waals surface area contributed by atoms with Crippen molar-refractivity contribution >= 4 is 5.97 Å². The second kappa shape index (κ2) is 3.04. The molecule has 4 nitrogen and oxygen atoms in total. The standard InChI is InChI=1S/C13H18O4/c14-11-1-2-16-13(17-11)9-3-8-4-10(13)7-12(15,5-8)6-9/h8-10,15H,1-7H2. The van der Waals surface area contributed by atoms with Gasteiger partial charge in [0.05, 0.1) is 18.6 Å². The minimum Gasteiger partial charge on any atom is -0.432 e. The van der Waals surface area contributed by atoms with E-state index in [-0.39, 0.29) is 17.8 Å². The molecular weight excluding hydrogens is 220 g/mol. The fourth-order valence-corrected chi connectivity index (χ4v) is 4.84. The summed E-state index contributed by atoms with van der Waals surface area (Å²) in [5.74, 6) is 0.215. The third-order valence-corrected chi connectivity index (χ3v) is 5.20. The van der Waals surface area contributed by atoms with Crippen molar-refractivity contribution in [3.05, 3.63) is 0 Å². The molecule has 4 heteroatoms. The summed E-state index contributed by atoms with van der Waals surface area (Å²) in [6.07, 6.45) is 4.89. The molecule has 1 N–H and O–H groups in total. The number of hydrogen-bond donors (Lipinski definition) is 1. The average molecular weight is 238 g/mol. The van der Waals surface area contributed by atoms with Crippen molar-refractivity contribution in [3.63, 3.8) is 0 Å². The summed E-state index contributed by atoms with van der Waals surface area (Å²) in [7, 11) is 0. The second-order valence-corrected chi connectivity index (χ2v) is 6.36. The molecule has 0 aromatic rings. The number of ether oxygens (including phenoxy) is 2. The highest BCUT2D eigenvalue weighted by Gasteiger charge is 2.65. The molecule has 0 amide bonds. The number of carbonyl (C=O) groups excluding carboxylic acids is 1. The van der Waals surface area contributed by atoms with Gasteiger partial charge in [0, 0.05) is 11.8 Å². The Bertz CT molecular complexity index is 362. The van der Waals surface area contributed by atoms with E-state index in [9.17, 15) is 9.90 Å². The predicted octanol–water partition coefficient (Wildman–Crippen LogP) is 1.22. The molecule has 2 atom stereocenters. The van der Waals surface area contributed by atoms with Crippen molar-refractivity contribution in [2.24, 2.45) is 17.8 Å². The Morgan fingerprint density at radius 1 is 1.18 bits per heavy atom.